The highest BCUT2D eigenvalue weighted by atomic mass is 16.5. The first-order valence-electron chi connectivity index (χ1n) is 7.10. The Balaban J connectivity index is 1.76. The minimum absolute atomic E-state index is 0.838. The van der Waals surface area contributed by atoms with Gasteiger partial charge in [-0.2, -0.15) is 0 Å². The molecule has 2 aliphatic heterocycles. The van der Waals surface area contributed by atoms with Gasteiger partial charge in [-0.05, 0) is 30.7 Å². The SMILES string of the molecule is Cc1cc(N2CCOCC2)ccc1N1CCOCC1. The molecule has 0 saturated carbocycles. The second kappa shape index (κ2) is 5.80. The van der Waals surface area contributed by atoms with E-state index in [-0.39, 0.29) is 0 Å². The number of morpholine rings is 2. The summed E-state index contributed by atoms with van der Waals surface area (Å²) >= 11 is 0. The maximum atomic E-state index is 5.42. The lowest BCUT2D eigenvalue weighted by Crippen LogP contribution is -2.37. The predicted octanol–water partition coefficient (Wildman–Crippen LogP) is 1.67. The Morgan fingerprint density at radius 2 is 1.42 bits per heavy atom. The van der Waals surface area contributed by atoms with E-state index < -0.39 is 0 Å². The molecule has 4 heteroatoms. The maximum absolute atomic E-state index is 5.42. The molecule has 2 fully saturated rings. The van der Waals surface area contributed by atoms with Gasteiger partial charge in [0.05, 0.1) is 26.4 Å². The lowest BCUT2D eigenvalue weighted by Gasteiger charge is -2.32. The highest BCUT2D eigenvalue weighted by Crippen LogP contribution is 2.26. The number of benzene rings is 1. The largest absolute Gasteiger partial charge is 0.378 e. The number of anilines is 2. The van der Waals surface area contributed by atoms with E-state index >= 15 is 0 Å². The molecule has 0 aliphatic carbocycles. The molecule has 2 heterocycles. The third-order valence-corrected chi connectivity index (χ3v) is 3.91. The first-order valence-corrected chi connectivity index (χ1v) is 7.10. The van der Waals surface area contributed by atoms with Gasteiger partial charge in [0.15, 0.2) is 0 Å². The first kappa shape index (κ1) is 12.8. The zero-order valence-electron chi connectivity index (χ0n) is 11.6. The van der Waals surface area contributed by atoms with Gasteiger partial charge in [-0.15, -0.1) is 0 Å². The minimum atomic E-state index is 0.838. The van der Waals surface area contributed by atoms with Crippen molar-refractivity contribution in [3.05, 3.63) is 23.8 Å². The topological polar surface area (TPSA) is 24.9 Å². The number of ether oxygens (including phenoxy) is 2. The smallest absolute Gasteiger partial charge is 0.0642 e. The molecule has 1 aromatic rings. The molecule has 0 unspecified atom stereocenters. The van der Waals surface area contributed by atoms with Crippen LogP contribution in [0.2, 0.25) is 0 Å². The van der Waals surface area contributed by atoms with Crippen LogP contribution in [0.4, 0.5) is 11.4 Å². The van der Waals surface area contributed by atoms with Gasteiger partial charge in [0.1, 0.15) is 0 Å². The summed E-state index contributed by atoms with van der Waals surface area (Å²) in [7, 11) is 0. The van der Waals surface area contributed by atoms with Crippen LogP contribution in [-0.4, -0.2) is 52.6 Å². The Bertz CT molecular complexity index is 424. The van der Waals surface area contributed by atoms with Gasteiger partial charge in [0, 0.05) is 37.6 Å². The fourth-order valence-electron chi connectivity index (χ4n) is 2.82. The summed E-state index contributed by atoms with van der Waals surface area (Å²) in [6.45, 7) is 9.54. The molecule has 2 saturated heterocycles. The van der Waals surface area contributed by atoms with Crippen molar-refractivity contribution in [3.8, 4) is 0 Å². The molecular weight excluding hydrogens is 240 g/mol. The third-order valence-electron chi connectivity index (χ3n) is 3.91. The van der Waals surface area contributed by atoms with E-state index in [4.69, 9.17) is 9.47 Å². The summed E-state index contributed by atoms with van der Waals surface area (Å²) in [6, 6.07) is 6.80. The van der Waals surface area contributed by atoms with Gasteiger partial charge in [0.2, 0.25) is 0 Å². The Morgan fingerprint density at radius 1 is 0.842 bits per heavy atom. The summed E-state index contributed by atoms with van der Waals surface area (Å²) in [5.41, 5.74) is 4.02. The lowest BCUT2D eigenvalue weighted by atomic mass is 10.1. The minimum Gasteiger partial charge on any atom is -0.378 e. The van der Waals surface area contributed by atoms with Crippen LogP contribution in [0, 0.1) is 6.92 Å². The van der Waals surface area contributed by atoms with E-state index in [1.807, 2.05) is 0 Å². The lowest BCUT2D eigenvalue weighted by molar-refractivity contribution is 0.122. The van der Waals surface area contributed by atoms with E-state index in [0.717, 1.165) is 52.6 Å². The van der Waals surface area contributed by atoms with E-state index in [2.05, 4.69) is 34.9 Å². The molecule has 0 radical (unpaired) electrons. The average Bonchev–Trinajstić information content (AvgIpc) is 2.49. The van der Waals surface area contributed by atoms with Gasteiger partial charge >= 0.3 is 0 Å². The Hall–Kier alpha value is -1.26. The van der Waals surface area contributed by atoms with Crippen LogP contribution in [0.15, 0.2) is 18.2 Å². The van der Waals surface area contributed by atoms with Crippen molar-refractivity contribution in [2.24, 2.45) is 0 Å². The van der Waals surface area contributed by atoms with Crippen LogP contribution in [0.1, 0.15) is 5.56 Å². The van der Waals surface area contributed by atoms with E-state index in [1.165, 1.54) is 16.9 Å². The third kappa shape index (κ3) is 2.85. The Kier molecular flexibility index (Phi) is 3.89. The second-order valence-corrected chi connectivity index (χ2v) is 5.17. The van der Waals surface area contributed by atoms with Crippen molar-refractivity contribution in [1.82, 2.24) is 0 Å². The summed E-state index contributed by atoms with van der Waals surface area (Å²) < 4.78 is 10.8. The number of nitrogens with zero attached hydrogens (tertiary/aromatic N) is 2. The van der Waals surface area contributed by atoms with Gasteiger partial charge in [-0.25, -0.2) is 0 Å². The van der Waals surface area contributed by atoms with Crippen molar-refractivity contribution in [1.29, 1.82) is 0 Å². The number of hydrogen-bond acceptors (Lipinski definition) is 4. The van der Waals surface area contributed by atoms with Crippen molar-refractivity contribution in [3.63, 3.8) is 0 Å². The molecule has 0 atom stereocenters. The van der Waals surface area contributed by atoms with Crippen molar-refractivity contribution >= 4 is 11.4 Å². The number of aryl methyl sites for hydroxylation is 1. The quantitative estimate of drug-likeness (QED) is 0.809. The highest BCUT2D eigenvalue weighted by Gasteiger charge is 2.16. The van der Waals surface area contributed by atoms with Gasteiger partial charge in [-0.3, -0.25) is 0 Å². The molecule has 104 valence electrons. The number of hydrogen-bond donors (Lipinski definition) is 0. The molecule has 2 aliphatic rings. The van der Waals surface area contributed by atoms with Crippen LogP contribution in [-0.2, 0) is 9.47 Å². The number of rotatable bonds is 2. The summed E-state index contributed by atoms with van der Waals surface area (Å²) in [4.78, 5) is 4.82. The van der Waals surface area contributed by atoms with E-state index in [0.29, 0.717) is 0 Å². The normalized spacial score (nSPS) is 20.7. The monoisotopic (exact) mass is 262 g/mol. The molecule has 0 spiro atoms. The zero-order chi connectivity index (χ0) is 13.1. The fourth-order valence-corrected chi connectivity index (χ4v) is 2.82. The molecule has 19 heavy (non-hydrogen) atoms. The molecule has 0 aromatic heterocycles. The van der Waals surface area contributed by atoms with Crippen LogP contribution in [0.5, 0.6) is 0 Å². The van der Waals surface area contributed by atoms with E-state index in [9.17, 15) is 0 Å². The molecule has 0 N–H and O–H groups in total. The Labute approximate surface area is 114 Å². The van der Waals surface area contributed by atoms with Crippen molar-refractivity contribution in [2.75, 3.05) is 62.4 Å². The maximum Gasteiger partial charge on any atom is 0.0642 e. The molecule has 0 amide bonds. The first-order chi connectivity index (χ1) is 9.34. The molecule has 3 rings (SSSR count). The van der Waals surface area contributed by atoms with Gasteiger partial charge in [0.25, 0.3) is 0 Å². The standard InChI is InChI=1S/C15H22N2O2/c1-13-12-14(16-4-8-18-9-5-16)2-3-15(13)17-6-10-19-11-7-17/h2-3,12H,4-11H2,1H3. The predicted molar refractivity (Wildman–Crippen MR) is 77.2 cm³/mol. The molecule has 1 aromatic carbocycles. The summed E-state index contributed by atoms with van der Waals surface area (Å²) in [5, 5.41) is 0. The Morgan fingerprint density at radius 3 is 2.00 bits per heavy atom. The zero-order valence-corrected chi connectivity index (χ0v) is 11.6. The van der Waals surface area contributed by atoms with Gasteiger partial charge < -0.3 is 19.3 Å². The second-order valence-electron chi connectivity index (χ2n) is 5.17. The van der Waals surface area contributed by atoms with Crippen LogP contribution < -0.4 is 9.80 Å². The summed E-state index contributed by atoms with van der Waals surface area (Å²) in [5.74, 6) is 0. The van der Waals surface area contributed by atoms with Crippen molar-refractivity contribution in [2.45, 2.75) is 6.92 Å². The van der Waals surface area contributed by atoms with Crippen molar-refractivity contribution < 1.29 is 9.47 Å². The average molecular weight is 262 g/mol. The highest BCUT2D eigenvalue weighted by molar-refractivity contribution is 5.61. The van der Waals surface area contributed by atoms with Crippen LogP contribution in [0.3, 0.4) is 0 Å². The molecular formula is C15H22N2O2. The molecule has 4 nitrogen and oxygen atoms in total. The fraction of sp³-hybridized carbons (Fsp3) is 0.600. The van der Waals surface area contributed by atoms with Gasteiger partial charge in [-0.1, -0.05) is 0 Å². The molecule has 0 bridgehead atoms. The summed E-state index contributed by atoms with van der Waals surface area (Å²) in [6.07, 6.45) is 0. The van der Waals surface area contributed by atoms with Crippen LogP contribution >= 0.6 is 0 Å². The van der Waals surface area contributed by atoms with Crippen LogP contribution in [0.25, 0.3) is 0 Å². The van der Waals surface area contributed by atoms with E-state index in [1.54, 1.807) is 0 Å².